The van der Waals surface area contributed by atoms with Crippen LogP contribution in [0, 0.1) is 0 Å². The van der Waals surface area contributed by atoms with Gasteiger partial charge in [-0.25, -0.2) is 0 Å². The molecule has 3 nitrogen and oxygen atoms in total. The highest BCUT2D eigenvalue weighted by molar-refractivity contribution is 5.27. The molecule has 2 rings (SSSR count). The Morgan fingerprint density at radius 2 is 1.78 bits per heavy atom. The smallest absolute Gasteiger partial charge is 0.159 e. The van der Waals surface area contributed by atoms with Crippen LogP contribution in [0.2, 0.25) is 0 Å². The van der Waals surface area contributed by atoms with E-state index in [0.717, 1.165) is 12.8 Å². The highest BCUT2D eigenvalue weighted by atomic mass is 16.8. The van der Waals surface area contributed by atoms with Crippen molar-refractivity contribution in [1.82, 2.24) is 0 Å². The molecule has 100 valence electrons. The molecule has 0 aliphatic heterocycles. The Labute approximate surface area is 109 Å². The van der Waals surface area contributed by atoms with Gasteiger partial charge in [0.1, 0.15) is 0 Å². The molecule has 1 aromatic carbocycles. The molecule has 0 spiro atoms. The monoisotopic (exact) mass is 250 g/mol. The third-order valence-corrected chi connectivity index (χ3v) is 3.18. The summed E-state index contributed by atoms with van der Waals surface area (Å²) in [5.74, 6) is 0. The molecule has 1 aliphatic rings. The Bertz CT molecular complexity index is 359. The predicted octanol–water partition coefficient (Wildman–Crippen LogP) is 3.44. The summed E-state index contributed by atoms with van der Waals surface area (Å²) in [5.41, 5.74) is 1.11. The Balaban J connectivity index is 1.89. The quantitative estimate of drug-likeness (QED) is 0.694. The molecule has 0 aromatic heterocycles. The SMILES string of the molecule is CCOC(C)OC(C)OC1(c2ccccc2)CC1. The molecule has 3 heteroatoms. The van der Waals surface area contributed by atoms with Crippen molar-refractivity contribution in [3.8, 4) is 0 Å². The zero-order chi connectivity index (χ0) is 13.0. The van der Waals surface area contributed by atoms with Gasteiger partial charge in [0.25, 0.3) is 0 Å². The van der Waals surface area contributed by atoms with Crippen LogP contribution in [-0.2, 0) is 19.8 Å². The Morgan fingerprint density at radius 3 is 2.33 bits per heavy atom. The maximum absolute atomic E-state index is 6.05. The fraction of sp³-hybridized carbons (Fsp3) is 0.600. The standard InChI is InChI=1S/C15H22O3/c1-4-16-12(2)17-13(3)18-15(10-11-15)14-8-6-5-7-9-14/h5-9,12-13H,4,10-11H2,1-3H3. The molecular formula is C15H22O3. The molecule has 2 atom stereocenters. The van der Waals surface area contributed by atoms with Crippen molar-refractivity contribution in [1.29, 1.82) is 0 Å². The van der Waals surface area contributed by atoms with Gasteiger partial charge in [-0.05, 0) is 39.2 Å². The van der Waals surface area contributed by atoms with Gasteiger partial charge in [0.2, 0.25) is 0 Å². The minimum Gasteiger partial charge on any atom is -0.353 e. The number of ether oxygens (including phenoxy) is 3. The summed E-state index contributed by atoms with van der Waals surface area (Å²) in [6, 6.07) is 10.4. The number of rotatable bonds is 7. The van der Waals surface area contributed by atoms with E-state index in [-0.39, 0.29) is 18.2 Å². The highest BCUT2D eigenvalue weighted by Crippen LogP contribution is 2.50. The summed E-state index contributed by atoms with van der Waals surface area (Å²) in [5, 5.41) is 0. The first-order valence-corrected chi connectivity index (χ1v) is 6.67. The molecule has 0 bridgehead atoms. The van der Waals surface area contributed by atoms with Gasteiger partial charge in [0, 0.05) is 6.61 Å². The van der Waals surface area contributed by atoms with Gasteiger partial charge in [0.15, 0.2) is 12.6 Å². The fourth-order valence-electron chi connectivity index (χ4n) is 2.22. The number of hydrogen-bond acceptors (Lipinski definition) is 3. The fourth-order valence-corrected chi connectivity index (χ4v) is 2.22. The molecule has 1 aliphatic carbocycles. The summed E-state index contributed by atoms with van der Waals surface area (Å²) < 4.78 is 17.0. The zero-order valence-electron chi connectivity index (χ0n) is 11.4. The van der Waals surface area contributed by atoms with Crippen molar-refractivity contribution in [2.24, 2.45) is 0 Å². The van der Waals surface area contributed by atoms with E-state index < -0.39 is 0 Å². The molecule has 0 N–H and O–H groups in total. The average Bonchev–Trinajstić information content (AvgIpc) is 3.11. The van der Waals surface area contributed by atoms with E-state index in [9.17, 15) is 0 Å². The van der Waals surface area contributed by atoms with Gasteiger partial charge >= 0.3 is 0 Å². The maximum Gasteiger partial charge on any atom is 0.159 e. The lowest BCUT2D eigenvalue weighted by molar-refractivity contribution is -0.250. The summed E-state index contributed by atoms with van der Waals surface area (Å²) >= 11 is 0. The molecule has 1 aromatic rings. The first-order valence-electron chi connectivity index (χ1n) is 6.67. The minimum absolute atomic E-state index is 0.132. The van der Waals surface area contributed by atoms with E-state index in [0.29, 0.717) is 6.61 Å². The third-order valence-electron chi connectivity index (χ3n) is 3.18. The Kier molecular flexibility index (Phi) is 4.38. The van der Waals surface area contributed by atoms with E-state index in [4.69, 9.17) is 14.2 Å². The zero-order valence-corrected chi connectivity index (χ0v) is 11.4. The molecular weight excluding hydrogens is 228 g/mol. The number of benzene rings is 1. The first kappa shape index (κ1) is 13.5. The summed E-state index contributed by atoms with van der Waals surface area (Å²) in [6.07, 6.45) is 1.65. The van der Waals surface area contributed by atoms with Crippen LogP contribution in [0.25, 0.3) is 0 Å². The molecule has 2 unspecified atom stereocenters. The first-order chi connectivity index (χ1) is 8.66. The van der Waals surface area contributed by atoms with Crippen LogP contribution in [0.5, 0.6) is 0 Å². The Morgan fingerprint density at radius 1 is 1.11 bits per heavy atom. The van der Waals surface area contributed by atoms with Crippen molar-refractivity contribution in [3.63, 3.8) is 0 Å². The van der Waals surface area contributed by atoms with Gasteiger partial charge in [-0.1, -0.05) is 30.3 Å². The van der Waals surface area contributed by atoms with E-state index >= 15 is 0 Å². The van der Waals surface area contributed by atoms with Gasteiger partial charge in [-0.15, -0.1) is 0 Å². The second-order valence-electron chi connectivity index (χ2n) is 4.70. The lowest BCUT2D eigenvalue weighted by Crippen LogP contribution is -2.27. The average molecular weight is 250 g/mol. The topological polar surface area (TPSA) is 27.7 Å². The van der Waals surface area contributed by atoms with Crippen LogP contribution < -0.4 is 0 Å². The second kappa shape index (κ2) is 5.83. The molecule has 0 amide bonds. The van der Waals surface area contributed by atoms with Gasteiger partial charge < -0.3 is 14.2 Å². The van der Waals surface area contributed by atoms with E-state index in [1.807, 2.05) is 39.0 Å². The molecule has 1 fully saturated rings. The van der Waals surface area contributed by atoms with Crippen LogP contribution in [-0.4, -0.2) is 19.2 Å². The summed E-state index contributed by atoms with van der Waals surface area (Å²) in [4.78, 5) is 0. The minimum atomic E-state index is -0.255. The summed E-state index contributed by atoms with van der Waals surface area (Å²) in [6.45, 7) is 6.43. The lowest BCUT2D eigenvalue weighted by atomic mass is 10.1. The summed E-state index contributed by atoms with van der Waals surface area (Å²) in [7, 11) is 0. The van der Waals surface area contributed by atoms with E-state index in [1.54, 1.807) is 0 Å². The van der Waals surface area contributed by atoms with E-state index in [2.05, 4.69) is 12.1 Å². The van der Waals surface area contributed by atoms with Gasteiger partial charge in [-0.3, -0.25) is 0 Å². The highest BCUT2D eigenvalue weighted by Gasteiger charge is 2.47. The largest absolute Gasteiger partial charge is 0.353 e. The Hall–Kier alpha value is -0.900. The van der Waals surface area contributed by atoms with Crippen molar-refractivity contribution in [2.45, 2.75) is 51.8 Å². The van der Waals surface area contributed by atoms with Crippen molar-refractivity contribution < 1.29 is 14.2 Å². The molecule has 18 heavy (non-hydrogen) atoms. The molecule has 0 saturated heterocycles. The lowest BCUT2D eigenvalue weighted by Gasteiger charge is -2.25. The van der Waals surface area contributed by atoms with Crippen molar-refractivity contribution in [3.05, 3.63) is 35.9 Å². The molecule has 1 saturated carbocycles. The second-order valence-corrected chi connectivity index (χ2v) is 4.70. The van der Waals surface area contributed by atoms with Crippen LogP contribution in [0.4, 0.5) is 0 Å². The van der Waals surface area contributed by atoms with Crippen molar-refractivity contribution in [2.75, 3.05) is 6.61 Å². The third kappa shape index (κ3) is 3.31. The van der Waals surface area contributed by atoms with Gasteiger partial charge in [-0.2, -0.15) is 0 Å². The normalized spacial score (nSPS) is 20.4. The van der Waals surface area contributed by atoms with Crippen LogP contribution in [0.1, 0.15) is 39.2 Å². The van der Waals surface area contributed by atoms with Crippen LogP contribution >= 0.6 is 0 Å². The molecule has 0 heterocycles. The van der Waals surface area contributed by atoms with Crippen LogP contribution in [0.15, 0.2) is 30.3 Å². The van der Waals surface area contributed by atoms with Gasteiger partial charge in [0.05, 0.1) is 5.60 Å². The van der Waals surface area contributed by atoms with E-state index in [1.165, 1.54) is 5.56 Å². The van der Waals surface area contributed by atoms with Crippen molar-refractivity contribution >= 4 is 0 Å². The van der Waals surface area contributed by atoms with Crippen LogP contribution in [0.3, 0.4) is 0 Å². The number of hydrogen-bond donors (Lipinski definition) is 0. The maximum atomic E-state index is 6.05. The predicted molar refractivity (Wildman–Crippen MR) is 70.1 cm³/mol. The molecule has 0 radical (unpaired) electrons.